The first-order valence-corrected chi connectivity index (χ1v) is 7.12. The Labute approximate surface area is 117 Å². The second-order valence-corrected chi connectivity index (χ2v) is 6.07. The number of aromatic nitrogens is 4. The van der Waals surface area contributed by atoms with E-state index in [-0.39, 0.29) is 5.28 Å². The van der Waals surface area contributed by atoms with Gasteiger partial charge in [-0.2, -0.15) is 15.1 Å². The number of aromatic amines is 1. The van der Waals surface area contributed by atoms with E-state index in [0.717, 1.165) is 23.0 Å². The topological polar surface area (TPSA) is 66.5 Å². The van der Waals surface area contributed by atoms with Crippen molar-refractivity contribution in [3.63, 3.8) is 0 Å². The summed E-state index contributed by atoms with van der Waals surface area (Å²) in [5.74, 6) is 2.28. The maximum absolute atomic E-state index is 5.95. The quantitative estimate of drug-likeness (QED) is 0.828. The van der Waals surface area contributed by atoms with Gasteiger partial charge in [0.05, 0.1) is 11.6 Å². The maximum atomic E-state index is 5.95. The number of nitrogens with zero attached hydrogens (tertiary/aromatic N) is 3. The number of fused-ring (bicyclic) bond motifs is 1. The molecule has 3 rings (SSSR count). The van der Waals surface area contributed by atoms with Crippen molar-refractivity contribution in [2.75, 3.05) is 5.32 Å². The SMILES string of the molecule is CC1CC(C)CC(Nc2nc(Cl)nc3[nH]ncc23)C1. The number of rotatable bonds is 2. The van der Waals surface area contributed by atoms with Crippen molar-refractivity contribution in [3.8, 4) is 0 Å². The van der Waals surface area contributed by atoms with Gasteiger partial charge in [0.25, 0.3) is 0 Å². The standard InChI is InChI=1S/C13H18ClN5/c1-7-3-8(2)5-9(4-7)16-11-10-6-15-19-12(10)18-13(14)17-11/h6-9H,3-5H2,1-2H3,(H2,15,16,17,18,19). The minimum absolute atomic E-state index is 0.246. The van der Waals surface area contributed by atoms with Crippen LogP contribution in [0.15, 0.2) is 6.20 Å². The zero-order valence-electron chi connectivity index (χ0n) is 11.2. The zero-order valence-corrected chi connectivity index (χ0v) is 11.9. The van der Waals surface area contributed by atoms with Gasteiger partial charge >= 0.3 is 0 Å². The van der Waals surface area contributed by atoms with Gasteiger partial charge in [0.15, 0.2) is 5.65 Å². The van der Waals surface area contributed by atoms with Crippen LogP contribution in [0.2, 0.25) is 5.28 Å². The fourth-order valence-electron chi connectivity index (χ4n) is 3.18. The Morgan fingerprint density at radius 2 is 1.95 bits per heavy atom. The van der Waals surface area contributed by atoms with Gasteiger partial charge in [0.1, 0.15) is 5.82 Å². The molecule has 2 aromatic rings. The first-order valence-electron chi connectivity index (χ1n) is 6.75. The predicted octanol–water partition coefficient (Wildman–Crippen LogP) is 3.24. The predicted molar refractivity (Wildman–Crippen MR) is 76.3 cm³/mol. The smallest absolute Gasteiger partial charge is 0.226 e. The molecule has 0 saturated heterocycles. The lowest BCUT2D eigenvalue weighted by Gasteiger charge is -2.32. The lowest BCUT2D eigenvalue weighted by Crippen LogP contribution is -2.30. The molecule has 2 unspecified atom stereocenters. The van der Waals surface area contributed by atoms with Crippen LogP contribution >= 0.6 is 11.6 Å². The molecule has 1 saturated carbocycles. The van der Waals surface area contributed by atoms with E-state index in [4.69, 9.17) is 11.6 Å². The summed E-state index contributed by atoms with van der Waals surface area (Å²) in [5, 5.41) is 11.5. The first-order chi connectivity index (χ1) is 9.11. The molecule has 1 fully saturated rings. The largest absolute Gasteiger partial charge is 0.367 e. The number of hydrogen-bond donors (Lipinski definition) is 2. The fraction of sp³-hybridized carbons (Fsp3) is 0.615. The van der Waals surface area contributed by atoms with Gasteiger partial charge in [-0.05, 0) is 42.7 Å². The molecule has 0 radical (unpaired) electrons. The van der Waals surface area contributed by atoms with E-state index < -0.39 is 0 Å². The van der Waals surface area contributed by atoms with Crippen LogP contribution in [0.25, 0.3) is 11.0 Å². The maximum Gasteiger partial charge on any atom is 0.226 e. The van der Waals surface area contributed by atoms with Crippen LogP contribution in [0.5, 0.6) is 0 Å². The summed E-state index contributed by atoms with van der Waals surface area (Å²) in [4.78, 5) is 8.42. The Morgan fingerprint density at radius 1 is 1.21 bits per heavy atom. The van der Waals surface area contributed by atoms with Crippen LogP contribution in [0, 0.1) is 11.8 Å². The number of anilines is 1. The number of halogens is 1. The van der Waals surface area contributed by atoms with E-state index in [1.807, 2.05) is 0 Å². The molecule has 0 amide bonds. The monoisotopic (exact) mass is 279 g/mol. The van der Waals surface area contributed by atoms with Crippen LogP contribution in [0.4, 0.5) is 5.82 Å². The Bertz CT molecular complexity index is 571. The molecule has 0 spiro atoms. The van der Waals surface area contributed by atoms with Crippen LogP contribution in [0.3, 0.4) is 0 Å². The molecule has 2 aromatic heterocycles. The Balaban J connectivity index is 1.86. The molecule has 0 aliphatic heterocycles. The van der Waals surface area contributed by atoms with Gasteiger partial charge in [-0.1, -0.05) is 13.8 Å². The van der Waals surface area contributed by atoms with Crippen molar-refractivity contribution in [1.29, 1.82) is 0 Å². The summed E-state index contributed by atoms with van der Waals surface area (Å²) in [6.45, 7) is 4.62. The minimum atomic E-state index is 0.246. The molecule has 6 heteroatoms. The molecule has 5 nitrogen and oxygen atoms in total. The van der Waals surface area contributed by atoms with Gasteiger partial charge in [0, 0.05) is 6.04 Å². The van der Waals surface area contributed by atoms with Crippen LogP contribution in [-0.4, -0.2) is 26.2 Å². The van der Waals surface area contributed by atoms with Crippen molar-refractivity contribution in [1.82, 2.24) is 20.2 Å². The van der Waals surface area contributed by atoms with Gasteiger partial charge in [-0.25, -0.2) is 0 Å². The highest BCUT2D eigenvalue weighted by molar-refractivity contribution is 6.28. The Hall–Kier alpha value is -1.36. The van der Waals surface area contributed by atoms with Gasteiger partial charge < -0.3 is 5.32 Å². The van der Waals surface area contributed by atoms with E-state index in [1.54, 1.807) is 6.20 Å². The van der Waals surface area contributed by atoms with Gasteiger partial charge in [0.2, 0.25) is 5.28 Å². The molecular weight excluding hydrogens is 262 g/mol. The highest BCUT2D eigenvalue weighted by Crippen LogP contribution is 2.31. The molecule has 102 valence electrons. The average molecular weight is 280 g/mol. The van der Waals surface area contributed by atoms with Gasteiger partial charge in [-0.15, -0.1) is 0 Å². The van der Waals surface area contributed by atoms with E-state index in [0.29, 0.717) is 11.7 Å². The number of H-pyrrole nitrogens is 1. The van der Waals surface area contributed by atoms with E-state index >= 15 is 0 Å². The summed E-state index contributed by atoms with van der Waals surface area (Å²) in [6, 6.07) is 0.447. The fourth-order valence-corrected chi connectivity index (χ4v) is 3.34. The minimum Gasteiger partial charge on any atom is -0.367 e. The van der Waals surface area contributed by atoms with Crippen molar-refractivity contribution in [2.24, 2.45) is 11.8 Å². The van der Waals surface area contributed by atoms with Crippen LogP contribution < -0.4 is 5.32 Å². The zero-order chi connectivity index (χ0) is 13.4. The van der Waals surface area contributed by atoms with E-state index in [2.05, 4.69) is 39.3 Å². The van der Waals surface area contributed by atoms with Crippen molar-refractivity contribution < 1.29 is 0 Å². The average Bonchev–Trinajstić information content (AvgIpc) is 2.75. The molecule has 1 aliphatic rings. The Morgan fingerprint density at radius 3 is 2.68 bits per heavy atom. The van der Waals surface area contributed by atoms with Crippen molar-refractivity contribution in [3.05, 3.63) is 11.5 Å². The van der Waals surface area contributed by atoms with Crippen LogP contribution in [-0.2, 0) is 0 Å². The highest BCUT2D eigenvalue weighted by Gasteiger charge is 2.24. The third kappa shape index (κ3) is 2.66. The van der Waals surface area contributed by atoms with E-state index in [9.17, 15) is 0 Å². The van der Waals surface area contributed by atoms with Crippen molar-refractivity contribution in [2.45, 2.75) is 39.2 Å². The lowest BCUT2D eigenvalue weighted by molar-refractivity contribution is 0.280. The van der Waals surface area contributed by atoms with Gasteiger partial charge in [-0.3, -0.25) is 5.10 Å². The molecule has 0 bridgehead atoms. The third-order valence-corrected chi connectivity index (χ3v) is 3.97. The number of hydrogen-bond acceptors (Lipinski definition) is 4. The normalized spacial score (nSPS) is 27.6. The van der Waals surface area contributed by atoms with E-state index in [1.165, 1.54) is 19.3 Å². The second-order valence-electron chi connectivity index (χ2n) is 5.73. The number of nitrogens with one attached hydrogen (secondary N) is 2. The summed E-state index contributed by atoms with van der Waals surface area (Å²) >= 11 is 5.95. The Kier molecular flexibility index (Phi) is 3.31. The molecule has 2 N–H and O–H groups in total. The molecule has 1 aliphatic carbocycles. The molecule has 0 aromatic carbocycles. The molecule has 2 heterocycles. The molecule has 2 atom stereocenters. The summed E-state index contributed by atoms with van der Waals surface area (Å²) in [6.07, 6.45) is 5.39. The highest BCUT2D eigenvalue weighted by atomic mass is 35.5. The summed E-state index contributed by atoms with van der Waals surface area (Å²) in [7, 11) is 0. The molecule has 19 heavy (non-hydrogen) atoms. The van der Waals surface area contributed by atoms with Crippen LogP contribution in [0.1, 0.15) is 33.1 Å². The second kappa shape index (κ2) is 4.96. The summed E-state index contributed by atoms with van der Waals surface area (Å²) < 4.78 is 0. The molecular formula is C13H18ClN5. The van der Waals surface area contributed by atoms with Crippen molar-refractivity contribution >= 4 is 28.5 Å². The third-order valence-electron chi connectivity index (χ3n) is 3.80. The lowest BCUT2D eigenvalue weighted by atomic mass is 9.80. The summed E-state index contributed by atoms with van der Waals surface area (Å²) in [5.41, 5.74) is 0.680. The first kappa shape index (κ1) is 12.7.